The van der Waals surface area contributed by atoms with Crippen molar-refractivity contribution in [2.75, 3.05) is 6.61 Å². The molecular formula is C29H38O10. The van der Waals surface area contributed by atoms with Crippen LogP contribution in [-0.4, -0.2) is 91.9 Å². The number of rotatable bonds is 4. The fraction of sp³-hybridized carbons (Fsp3) is 0.655. The summed E-state index contributed by atoms with van der Waals surface area (Å²) in [6.45, 7) is 7.30. The number of aliphatic hydroxyl groups excluding tert-OH is 4. The lowest BCUT2D eigenvalue weighted by Crippen LogP contribution is -2.78. The van der Waals surface area contributed by atoms with Crippen molar-refractivity contribution in [2.45, 2.75) is 95.3 Å². The minimum Gasteiger partial charge on any atom is -0.457 e. The van der Waals surface area contributed by atoms with E-state index in [1.165, 1.54) is 20.8 Å². The summed E-state index contributed by atoms with van der Waals surface area (Å²) in [7, 11) is 0. The van der Waals surface area contributed by atoms with E-state index in [-0.39, 0.29) is 30.6 Å². The Hall–Kier alpha value is -2.34. The predicted octanol–water partition coefficient (Wildman–Crippen LogP) is 0.874. The number of fused-ring (bicyclic) bond motifs is 4. The zero-order chi connectivity index (χ0) is 28.7. The molecule has 1 aromatic rings. The summed E-state index contributed by atoms with van der Waals surface area (Å²) < 4.78 is 18.0. The van der Waals surface area contributed by atoms with Crippen LogP contribution < -0.4 is 0 Å². The molecule has 10 atom stereocenters. The molecule has 3 aliphatic carbocycles. The van der Waals surface area contributed by atoms with Gasteiger partial charge >= 0.3 is 11.9 Å². The van der Waals surface area contributed by atoms with Crippen molar-refractivity contribution in [1.29, 1.82) is 0 Å². The summed E-state index contributed by atoms with van der Waals surface area (Å²) in [5, 5.41) is 58.1. The SMILES string of the molecule is CC(=O)O[C@@]12CO[C@H]1C[C@H](O)[C@]1(C)[C@@H](O)[C@H](O)C3=C(C)[C@@H](O)C[C@@]3(C(C)(C)O)[C@@H](OC(=O)c3ccccc3)[C@@H]21. The van der Waals surface area contributed by atoms with Gasteiger partial charge in [-0.25, -0.2) is 4.79 Å². The van der Waals surface area contributed by atoms with Gasteiger partial charge in [0.1, 0.15) is 18.3 Å². The second-order valence-electron chi connectivity index (χ2n) is 12.4. The lowest BCUT2D eigenvalue weighted by molar-refractivity contribution is -0.351. The average molecular weight is 547 g/mol. The zero-order valence-electron chi connectivity index (χ0n) is 22.8. The quantitative estimate of drug-likeness (QED) is 0.271. The number of carbonyl (C=O) groups is 2. The van der Waals surface area contributed by atoms with E-state index < -0.39 is 76.5 Å². The van der Waals surface area contributed by atoms with Crippen molar-refractivity contribution in [1.82, 2.24) is 0 Å². The molecule has 4 aliphatic rings. The summed E-state index contributed by atoms with van der Waals surface area (Å²) in [6.07, 6.45) is -7.95. The van der Waals surface area contributed by atoms with E-state index in [4.69, 9.17) is 14.2 Å². The third-order valence-electron chi connectivity index (χ3n) is 10.0. The molecule has 0 bridgehead atoms. The number of hydrogen-bond donors (Lipinski definition) is 5. The lowest BCUT2D eigenvalue weighted by Gasteiger charge is -2.65. The standard InChI is InChI=1S/C29H38O10/c1-14-17(31)12-28(26(3,4)36)20(14)21(33)23(34)27(5)18(32)11-19-29(13-37-19,39-15(2)30)22(27)24(28)38-25(35)16-9-7-6-8-10-16/h6-10,17-19,21-24,31-34,36H,11-13H2,1-5H3/t17-,18-,19-,21+,22+,23-,24-,27-,28-,29-/m0/s1. The molecule has 0 radical (unpaired) electrons. The zero-order valence-corrected chi connectivity index (χ0v) is 22.8. The van der Waals surface area contributed by atoms with Crippen LogP contribution >= 0.6 is 0 Å². The molecule has 39 heavy (non-hydrogen) atoms. The van der Waals surface area contributed by atoms with Crippen LogP contribution in [-0.2, 0) is 19.0 Å². The van der Waals surface area contributed by atoms with Gasteiger partial charge in [0, 0.05) is 18.8 Å². The van der Waals surface area contributed by atoms with Gasteiger partial charge in [-0.2, -0.15) is 0 Å². The van der Waals surface area contributed by atoms with Crippen LogP contribution in [0.5, 0.6) is 0 Å². The number of aliphatic hydroxyl groups is 5. The normalized spacial score (nSPS) is 43.4. The van der Waals surface area contributed by atoms with Gasteiger partial charge in [-0.3, -0.25) is 4.79 Å². The second-order valence-corrected chi connectivity index (χ2v) is 12.4. The van der Waals surface area contributed by atoms with E-state index in [0.29, 0.717) is 5.57 Å². The summed E-state index contributed by atoms with van der Waals surface area (Å²) in [4.78, 5) is 26.2. The van der Waals surface area contributed by atoms with Crippen molar-refractivity contribution < 1.29 is 49.3 Å². The topological polar surface area (TPSA) is 163 Å². The number of esters is 2. The first-order valence-corrected chi connectivity index (χ1v) is 13.4. The van der Waals surface area contributed by atoms with Crippen molar-refractivity contribution in [2.24, 2.45) is 16.7 Å². The first kappa shape index (κ1) is 28.2. The molecule has 10 nitrogen and oxygen atoms in total. The minimum absolute atomic E-state index is 0.000412. The van der Waals surface area contributed by atoms with Crippen LogP contribution in [0.25, 0.3) is 0 Å². The summed E-state index contributed by atoms with van der Waals surface area (Å²) >= 11 is 0. The Kier molecular flexibility index (Phi) is 6.57. The lowest BCUT2D eigenvalue weighted by atomic mass is 9.49. The fourth-order valence-corrected chi connectivity index (χ4v) is 8.01. The molecule has 1 aromatic carbocycles. The first-order chi connectivity index (χ1) is 18.1. The Morgan fingerprint density at radius 1 is 1.10 bits per heavy atom. The maximum atomic E-state index is 13.7. The summed E-state index contributed by atoms with van der Waals surface area (Å²) in [5.74, 6) is -2.52. The molecule has 2 saturated carbocycles. The summed E-state index contributed by atoms with van der Waals surface area (Å²) in [6, 6.07) is 8.21. The molecule has 3 fully saturated rings. The minimum atomic E-state index is -1.73. The monoisotopic (exact) mass is 546 g/mol. The van der Waals surface area contributed by atoms with E-state index in [1.54, 1.807) is 44.2 Å². The van der Waals surface area contributed by atoms with E-state index in [9.17, 15) is 35.1 Å². The Morgan fingerprint density at radius 3 is 2.28 bits per heavy atom. The Morgan fingerprint density at radius 2 is 1.74 bits per heavy atom. The molecule has 0 spiro atoms. The maximum Gasteiger partial charge on any atom is 0.338 e. The van der Waals surface area contributed by atoms with Crippen LogP contribution in [0.1, 0.15) is 57.8 Å². The maximum absolute atomic E-state index is 13.7. The molecule has 0 amide bonds. The van der Waals surface area contributed by atoms with Crippen LogP contribution in [0.15, 0.2) is 41.5 Å². The van der Waals surface area contributed by atoms with Gasteiger partial charge in [0.15, 0.2) is 5.60 Å². The van der Waals surface area contributed by atoms with Crippen molar-refractivity contribution >= 4 is 11.9 Å². The molecule has 1 aliphatic heterocycles. The summed E-state index contributed by atoms with van der Waals surface area (Å²) in [5.41, 5.74) is -5.68. The van der Waals surface area contributed by atoms with Gasteiger partial charge in [-0.15, -0.1) is 0 Å². The van der Waals surface area contributed by atoms with Crippen LogP contribution in [0.4, 0.5) is 0 Å². The van der Waals surface area contributed by atoms with Gasteiger partial charge < -0.3 is 39.7 Å². The molecule has 1 saturated heterocycles. The van der Waals surface area contributed by atoms with Crippen LogP contribution in [0.2, 0.25) is 0 Å². The highest BCUT2D eigenvalue weighted by Gasteiger charge is 2.78. The highest BCUT2D eigenvalue weighted by molar-refractivity contribution is 5.89. The van der Waals surface area contributed by atoms with Gasteiger partial charge in [0.2, 0.25) is 0 Å². The van der Waals surface area contributed by atoms with E-state index in [0.717, 1.165) is 0 Å². The predicted molar refractivity (Wildman–Crippen MR) is 136 cm³/mol. The number of hydrogen-bond acceptors (Lipinski definition) is 10. The molecule has 1 heterocycles. The van der Waals surface area contributed by atoms with Gasteiger partial charge in [-0.05, 0) is 50.5 Å². The van der Waals surface area contributed by atoms with E-state index in [1.807, 2.05) is 0 Å². The van der Waals surface area contributed by atoms with Gasteiger partial charge in [-0.1, -0.05) is 25.1 Å². The molecule has 5 N–H and O–H groups in total. The van der Waals surface area contributed by atoms with Crippen LogP contribution in [0.3, 0.4) is 0 Å². The van der Waals surface area contributed by atoms with Crippen molar-refractivity contribution in [3.8, 4) is 0 Å². The molecule has 10 heteroatoms. The average Bonchev–Trinajstić information content (AvgIpc) is 3.11. The van der Waals surface area contributed by atoms with Crippen molar-refractivity contribution in [3.05, 3.63) is 47.0 Å². The molecule has 0 unspecified atom stereocenters. The Labute approximate surface area is 227 Å². The number of benzene rings is 1. The van der Waals surface area contributed by atoms with E-state index in [2.05, 4.69) is 0 Å². The first-order valence-electron chi connectivity index (χ1n) is 13.4. The van der Waals surface area contributed by atoms with Gasteiger partial charge in [0.25, 0.3) is 0 Å². The smallest absolute Gasteiger partial charge is 0.338 e. The highest BCUT2D eigenvalue weighted by Crippen LogP contribution is 2.67. The fourth-order valence-electron chi connectivity index (χ4n) is 8.01. The Bertz CT molecular complexity index is 1190. The highest BCUT2D eigenvalue weighted by atomic mass is 16.6. The Balaban J connectivity index is 1.83. The molecule has 5 rings (SSSR count). The van der Waals surface area contributed by atoms with Crippen LogP contribution in [0, 0.1) is 16.7 Å². The van der Waals surface area contributed by atoms with E-state index >= 15 is 0 Å². The molecule has 0 aromatic heterocycles. The number of ether oxygens (including phenoxy) is 3. The van der Waals surface area contributed by atoms with Gasteiger partial charge in [0.05, 0.1) is 47.4 Å². The molecule has 214 valence electrons. The third-order valence-corrected chi connectivity index (χ3v) is 10.0. The van der Waals surface area contributed by atoms with Crippen molar-refractivity contribution in [3.63, 3.8) is 0 Å². The molecular weight excluding hydrogens is 508 g/mol. The number of carbonyl (C=O) groups excluding carboxylic acids is 2. The second kappa shape index (κ2) is 9.09. The largest absolute Gasteiger partial charge is 0.457 e. The third kappa shape index (κ3) is 3.69.